The highest BCUT2D eigenvalue weighted by molar-refractivity contribution is 8.13. The third kappa shape index (κ3) is 3.55. The second-order valence-electron chi connectivity index (χ2n) is 5.58. The molecule has 1 saturated carbocycles. The quantitative estimate of drug-likeness (QED) is 0.842. The molecule has 7 heteroatoms. The van der Waals surface area contributed by atoms with Crippen LogP contribution in [-0.4, -0.2) is 20.9 Å². The van der Waals surface area contributed by atoms with E-state index in [0.717, 1.165) is 31.4 Å². The highest BCUT2D eigenvalue weighted by atomic mass is 35.7. The summed E-state index contributed by atoms with van der Waals surface area (Å²) in [7, 11) is 1.25. The Kier molecular flexibility index (Phi) is 4.31. The molecule has 21 heavy (non-hydrogen) atoms. The highest BCUT2D eigenvalue weighted by Gasteiger charge is 2.40. The molecule has 0 bridgehead atoms. The maximum absolute atomic E-state index is 14.0. The van der Waals surface area contributed by atoms with Crippen LogP contribution in [0.25, 0.3) is 0 Å². The predicted molar refractivity (Wildman–Crippen MR) is 78.5 cm³/mol. The van der Waals surface area contributed by atoms with Gasteiger partial charge in [0.25, 0.3) is 15.0 Å². The van der Waals surface area contributed by atoms with Crippen molar-refractivity contribution < 1.29 is 17.6 Å². The SMILES string of the molecule is CCC1(CNC(=O)c2cc(S(=O)(=O)Cl)cc(C)c2F)CC1. The normalized spacial score (nSPS) is 16.6. The van der Waals surface area contributed by atoms with Crippen LogP contribution in [0.4, 0.5) is 4.39 Å². The van der Waals surface area contributed by atoms with Crippen molar-refractivity contribution in [2.75, 3.05) is 6.54 Å². The number of benzene rings is 1. The first-order valence-corrected chi connectivity index (χ1v) is 9.02. The number of hydrogen-bond donors (Lipinski definition) is 1. The lowest BCUT2D eigenvalue weighted by Gasteiger charge is -2.14. The van der Waals surface area contributed by atoms with Gasteiger partial charge >= 0.3 is 0 Å². The van der Waals surface area contributed by atoms with Crippen molar-refractivity contribution in [1.29, 1.82) is 0 Å². The fourth-order valence-electron chi connectivity index (χ4n) is 2.24. The van der Waals surface area contributed by atoms with E-state index in [1.165, 1.54) is 6.92 Å². The molecule has 0 aromatic heterocycles. The van der Waals surface area contributed by atoms with Crippen molar-refractivity contribution in [1.82, 2.24) is 5.32 Å². The van der Waals surface area contributed by atoms with Gasteiger partial charge in [-0.05, 0) is 49.3 Å². The van der Waals surface area contributed by atoms with Crippen molar-refractivity contribution >= 4 is 25.6 Å². The Labute approximate surface area is 128 Å². The molecular formula is C14H17ClFNO3S. The van der Waals surface area contributed by atoms with Gasteiger partial charge in [-0.1, -0.05) is 6.92 Å². The second-order valence-corrected chi connectivity index (χ2v) is 8.14. The molecule has 0 radical (unpaired) electrons. The molecular weight excluding hydrogens is 317 g/mol. The van der Waals surface area contributed by atoms with E-state index in [1.54, 1.807) is 0 Å². The summed E-state index contributed by atoms with van der Waals surface area (Å²) in [6.07, 6.45) is 3.04. The Morgan fingerprint density at radius 2 is 2.05 bits per heavy atom. The molecule has 0 atom stereocenters. The maximum atomic E-state index is 14.0. The van der Waals surface area contributed by atoms with Gasteiger partial charge in [-0.15, -0.1) is 0 Å². The molecule has 116 valence electrons. The van der Waals surface area contributed by atoms with Gasteiger partial charge in [0.05, 0.1) is 10.5 Å². The number of carbonyl (C=O) groups excluding carboxylic acids is 1. The monoisotopic (exact) mass is 333 g/mol. The Morgan fingerprint density at radius 3 is 2.52 bits per heavy atom. The van der Waals surface area contributed by atoms with Gasteiger partial charge in [0.2, 0.25) is 0 Å². The molecule has 0 heterocycles. The van der Waals surface area contributed by atoms with E-state index >= 15 is 0 Å². The van der Waals surface area contributed by atoms with Crippen LogP contribution in [-0.2, 0) is 9.05 Å². The summed E-state index contributed by atoms with van der Waals surface area (Å²) in [4.78, 5) is 11.8. The summed E-state index contributed by atoms with van der Waals surface area (Å²) >= 11 is 0. The van der Waals surface area contributed by atoms with E-state index in [4.69, 9.17) is 10.7 Å². The molecule has 1 amide bonds. The number of amides is 1. The van der Waals surface area contributed by atoms with Crippen molar-refractivity contribution in [2.45, 2.75) is 38.0 Å². The summed E-state index contributed by atoms with van der Waals surface area (Å²) in [5.74, 6) is -1.34. The first-order chi connectivity index (χ1) is 9.68. The molecule has 1 N–H and O–H groups in total. The van der Waals surface area contributed by atoms with Crippen LogP contribution in [0.2, 0.25) is 0 Å². The van der Waals surface area contributed by atoms with Gasteiger partial charge in [0, 0.05) is 17.2 Å². The predicted octanol–water partition coefficient (Wildman–Crippen LogP) is 2.98. The van der Waals surface area contributed by atoms with Gasteiger partial charge < -0.3 is 5.32 Å². The maximum Gasteiger partial charge on any atom is 0.261 e. The Hall–Kier alpha value is -1.14. The molecule has 2 rings (SSSR count). The summed E-state index contributed by atoms with van der Waals surface area (Å²) in [6.45, 7) is 3.91. The number of rotatable bonds is 5. The minimum Gasteiger partial charge on any atom is -0.351 e. The summed E-state index contributed by atoms with van der Waals surface area (Å²) in [6, 6.07) is 2.09. The topological polar surface area (TPSA) is 63.2 Å². The third-order valence-electron chi connectivity index (χ3n) is 4.09. The zero-order valence-electron chi connectivity index (χ0n) is 11.9. The summed E-state index contributed by atoms with van der Waals surface area (Å²) in [5.41, 5.74) is -0.100. The molecule has 0 spiro atoms. The summed E-state index contributed by atoms with van der Waals surface area (Å²) in [5, 5.41) is 2.68. The van der Waals surface area contributed by atoms with E-state index in [2.05, 4.69) is 5.32 Å². The number of aryl methyl sites for hydroxylation is 1. The number of hydrogen-bond acceptors (Lipinski definition) is 3. The van der Waals surface area contributed by atoms with Crippen LogP contribution in [0, 0.1) is 18.2 Å². The van der Waals surface area contributed by atoms with E-state index in [9.17, 15) is 17.6 Å². The molecule has 0 unspecified atom stereocenters. The van der Waals surface area contributed by atoms with Gasteiger partial charge in [0.15, 0.2) is 0 Å². The molecule has 0 aliphatic heterocycles. The minimum atomic E-state index is -4.01. The van der Waals surface area contributed by atoms with Crippen LogP contribution in [0.1, 0.15) is 42.1 Å². The lowest BCUT2D eigenvalue weighted by atomic mass is 10.0. The highest BCUT2D eigenvalue weighted by Crippen LogP contribution is 2.47. The van der Waals surface area contributed by atoms with Crippen molar-refractivity contribution in [2.24, 2.45) is 5.41 Å². The molecule has 1 aromatic rings. The molecule has 0 saturated heterocycles. The van der Waals surface area contributed by atoms with Gasteiger partial charge in [-0.25, -0.2) is 12.8 Å². The Morgan fingerprint density at radius 1 is 1.43 bits per heavy atom. The van der Waals surface area contributed by atoms with Crippen LogP contribution in [0.5, 0.6) is 0 Å². The van der Waals surface area contributed by atoms with Crippen LogP contribution in [0.3, 0.4) is 0 Å². The lowest BCUT2D eigenvalue weighted by Crippen LogP contribution is -2.30. The zero-order chi connectivity index (χ0) is 15.8. The number of halogens is 2. The molecule has 1 aliphatic carbocycles. The third-order valence-corrected chi connectivity index (χ3v) is 5.42. The Bertz CT molecular complexity index is 684. The molecule has 1 fully saturated rings. The Balaban J connectivity index is 2.26. The van der Waals surface area contributed by atoms with E-state index in [-0.39, 0.29) is 21.4 Å². The average molecular weight is 334 g/mol. The van der Waals surface area contributed by atoms with E-state index < -0.39 is 20.8 Å². The zero-order valence-corrected chi connectivity index (χ0v) is 13.4. The smallest absolute Gasteiger partial charge is 0.261 e. The fourth-order valence-corrected chi connectivity index (χ4v) is 3.08. The summed E-state index contributed by atoms with van der Waals surface area (Å²) < 4.78 is 36.8. The lowest BCUT2D eigenvalue weighted by molar-refractivity contribution is 0.0940. The van der Waals surface area contributed by atoms with Crippen molar-refractivity contribution in [3.05, 3.63) is 29.1 Å². The molecule has 1 aliphatic rings. The first kappa shape index (κ1) is 16.2. The average Bonchev–Trinajstić information content (AvgIpc) is 3.18. The molecule has 4 nitrogen and oxygen atoms in total. The van der Waals surface area contributed by atoms with E-state index in [0.29, 0.717) is 6.54 Å². The van der Waals surface area contributed by atoms with Crippen LogP contribution in [0.15, 0.2) is 17.0 Å². The fraction of sp³-hybridized carbons (Fsp3) is 0.500. The van der Waals surface area contributed by atoms with Crippen molar-refractivity contribution in [3.8, 4) is 0 Å². The number of nitrogens with one attached hydrogen (secondary N) is 1. The van der Waals surface area contributed by atoms with Gasteiger partial charge in [0.1, 0.15) is 5.82 Å². The van der Waals surface area contributed by atoms with Crippen LogP contribution < -0.4 is 5.32 Å². The van der Waals surface area contributed by atoms with Crippen LogP contribution >= 0.6 is 10.7 Å². The van der Waals surface area contributed by atoms with Crippen molar-refractivity contribution in [3.63, 3.8) is 0 Å². The second kappa shape index (κ2) is 5.57. The van der Waals surface area contributed by atoms with Gasteiger partial charge in [-0.2, -0.15) is 0 Å². The minimum absolute atomic E-state index is 0.0681. The van der Waals surface area contributed by atoms with E-state index in [1.807, 2.05) is 6.92 Å². The standard InChI is InChI=1S/C14H17ClFNO3S/c1-3-14(4-5-14)8-17-13(18)11-7-10(21(15,19)20)6-9(2)12(11)16/h6-7H,3-5,8H2,1-2H3,(H,17,18). The first-order valence-electron chi connectivity index (χ1n) is 6.71. The van der Waals surface area contributed by atoms with Gasteiger partial charge in [-0.3, -0.25) is 4.79 Å². The molecule has 1 aromatic carbocycles. The largest absolute Gasteiger partial charge is 0.351 e. The number of carbonyl (C=O) groups is 1.